The molecule has 0 radical (unpaired) electrons. The molecule has 38 atom stereocenters. The van der Waals surface area contributed by atoms with Crippen LogP contribution in [0.5, 0.6) is 0 Å². The number of ether oxygens (including phenoxy) is 14. The molecule has 14 unspecified atom stereocenters. The Balaban J connectivity index is 0.974. The van der Waals surface area contributed by atoms with Gasteiger partial charge in [-0.05, 0) is 19.3 Å². The van der Waals surface area contributed by atoms with Gasteiger partial charge in [0, 0.05) is 26.7 Å². The van der Waals surface area contributed by atoms with Crippen molar-refractivity contribution in [1.82, 2.24) is 21.3 Å². The van der Waals surface area contributed by atoms with E-state index in [4.69, 9.17) is 66.3 Å². The SMILES string of the molecule is CCCCCCCCCCCCC/C=C/[C@@H](O)[C@H](CO[C@@H]1OC(CO)[C@@H](O[C@@H]2OC(CO)[C@H](O)[C@H](O[C@@H]3OC(CO)[C@@H](O[C@@H]4OC(CO)[C@H](O)[C@H](O[C@@H]5OC(CO)[C@@H](O[C@@H]6OC(CO)[C@H](O)[C@H](O[C@]7(C(=O)O)CC(O)[C@@H](NC(=O)CO)C([C@H](O)[C@H](O)CO)O7)C6O)[C@H](O)C5NC(C)=O)C4O)[C@H](O)C3NC(C)=O)C2O)[C@H](O)C1O)NC(=O)CCCCCCCCCCCCCCCCCCCCCCCCC. The Kier molecular flexibility index (Phi) is 57.5. The monoisotopic (exact) mass is 2040 g/mol. The highest BCUT2D eigenvalue weighted by Gasteiger charge is 2.63. The maximum Gasteiger partial charge on any atom is 0.364 e. The Morgan fingerprint density at radius 1 is 0.376 bits per heavy atom. The van der Waals surface area contributed by atoms with Gasteiger partial charge in [-0.25, -0.2) is 4.79 Å². The van der Waals surface area contributed by atoms with Crippen LogP contribution in [0.2, 0.25) is 0 Å². The maximum absolute atomic E-state index is 13.7. The highest BCUT2D eigenvalue weighted by molar-refractivity contribution is 5.78. The van der Waals surface area contributed by atoms with Gasteiger partial charge >= 0.3 is 5.97 Å². The molecular weight excluding hydrogens is 1870 g/mol. The van der Waals surface area contributed by atoms with Gasteiger partial charge in [-0.1, -0.05) is 231 Å². The molecule has 0 aromatic carbocycles. The first-order valence-electron chi connectivity index (χ1n) is 51.3. The predicted octanol–water partition coefficient (Wildman–Crippen LogP) is -3.16. The molecule has 0 aromatic rings. The van der Waals surface area contributed by atoms with E-state index in [1.165, 1.54) is 161 Å². The van der Waals surface area contributed by atoms with E-state index in [1.54, 1.807) is 6.08 Å². The second-order valence-corrected chi connectivity index (χ2v) is 38.5. The smallest absolute Gasteiger partial charge is 0.364 e. The van der Waals surface area contributed by atoms with Gasteiger partial charge in [0.1, 0.15) is 171 Å². The van der Waals surface area contributed by atoms with E-state index in [1.807, 2.05) is 6.08 Å². The number of unbranched alkanes of at least 4 members (excludes halogenated alkanes) is 33. The van der Waals surface area contributed by atoms with E-state index in [-0.39, 0.29) is 12.3 Å². The van der Waals surface area contributed by atoms with Crippen molar-refractivity contribution < 1.29 is 208 Å². The topological polar surface area (TPSA) is 728 Å². The molecule has 7 rings (SSSR count). The van der Waals surface area contributed by atoms with Crippen LogP contribution in [0.3, 0.4) is 0 Å². The number of amides is 4. The molecule has 0 spiro atoms. The summed E-state index contributed by atoms with van der Waals surface area (Å²) in [6.07, 6.45) is -25.0. The minimum Gasteiger partial charge on any atom is -0.477 e. The highest BCUT2D eigenvalue weighted by atomic mass is 16.8. The Morgan fingerprint density at radius 2 is 0.716 bits per heavy atom. The fourth-order valence-electron chi connectivity index (χ4n) is 19.1. The lowest BCUT2D eigenvalue weighted by Crippen LogP contribution is -2.71. The molecule has 0 aliphatic carbocycles. The van der Waals surface area contributed by atoms with E-state index in [0.29, 0.717) is 12.8 Å². The number of aliphatic hydroxyl groups excluding tert-OH is 22. The molecule has 0 bridgehead atoms. The van der Waals surface area contributed by atoms with Crippen molar-refractivity contribution in [2.75, 3.05) is 59.5 Å². The molecule has 7 saturated heterocycles. The summed E-state index contributed by atoms with van der Waals surface area (Å²) in [5.41, 5.74) is 0. The third kappa shape index (κ3) is 37.7. The highest BCUT2D eigenvalue weighted by Crippen LogP contribution is 2.42. The summed E-state index contributed by atoms with van der Waals surface area (Å²) in [5, 5.41) is 268. The summed E-state index contributed by atoms with van der Waals surface area (Å²) < 4.78 is 83.0. The second-order valence-electron chi connectivity index (χ2n) is 38.5. The van der Waals surface area contributed by atoms with Crippen LogP contribution >= 0.6 is 0 Å². The lowest BCUT2D eigenvalue weighted by Gasteiger charge is -2.51. The third-order valence-corrected chi connectivity index (χ3v) is 27.3. The standard InChI is InChI=1S/C95H170N4O42/c1-5-7-9-11-13-15-17-19-20-21-22-23-24-25-26-27-28-30-32-34-36-38-40-42-65(113)98-55(56(110)41-39-37-35-33-31-29-18-16-14-12-10-8-6-2)52-128-90-77(122)76(121)83(64(50-106)134-90)137-92-79(124)86(72(117)60(46-102)130-92)139-88-68(96-53(3)108)74(119)81(62(48-104)132-88)135-91-78(123)85(71(116)59(45-101)129-91)138-89-69(97-54(4)109)75(120)82(63(49-105)133-89)136-93-80(125)87(73(118)61(47-103)131-93)141-95(94(126)127)43-57(111)67(99-66(114)51-107)84(140-95)70(115)58(112)44-100/h39,41,55-64,67-93,100-107,110-112,115-125H,5-38,40,42-52H2,1-4H3,(H,96,108)(H,97,109)(H,98,113)(H,99,114)(H,126,127)/b41-39+/t55-,56+,57?,58+,59?,60?,61?,62?,63?,64?,67+,68?,69?,70+,71-,72-,73-,74+,75+,76+,77?,78?,79?,80?,81+,82+,83+,84?,85-,86-,87-,88-,89-,90+,91-,92-,93-,95-/m0/s1. The molecule has 141 heavy (non-hydrogen) atoms. The van der Waals surface area contributed by atoms with Crippen LogP contribution in [0.4, 0.5) is 0 Å². The van der Waals surface area contributed by atoms with Gasteiger partial charge in [-0.2, -0.15) is 0 Å². The minimum atomic E-state index is -3.31. The fourth-order valence-corrected chi connectivity index (χ4v) is 19.1. The Hall–Kier alpha value is -4.35. The van der Waals surface area contributed by atoms with Gasteiger partial charge in [0.2, 0.25) is 23.6 Å². The number of hydrogen-bond acceptors (Lipinski definition) is 41. The number of hydrogen-bond donors (Lipinski definition) is 27. The largest absolute Gasteiger partial charge is 0.477 e. The molecule has 7 heterocycles. The van der Waals surface area contributed by atoms with Crippen LogP contribution in [0, 0.1) is 0 Å². The number of aliphatic hydroxyl groups is 22. The average Bonchev–Trinajstić information content (AvgIpc) is 0.750. The molecule has 7 fully saturated rings. The molecule has 46 nitrogen and oxygen atoms in total. The van der Waals surface area contributed by atoms with Crippen LogP contribution in [-0.2, 0) is 90.3 Å². The van der Waals surface area contributed by atoms with Crippen molar-refractivity contribution in [2.45, 2.75) is 498 Å². The first-order valence-corrected chi connectivity index (χ1v) is 51.3. The van der Waals surface area contributed by atoms with E-state index in [2.05, 4.69) is 35.1 Å². The van der Waals surface area contributed by atoms with Crippen LogP contribution in [0.1, 0.15) is 265 Å². The summed E-state index contributed by atoms with van der Waals surface area (Å²) in [6, 6.07) is -6.86. The molecule has 27 N–H and O–H groups in total. The Morgan fingerprint density at radius 3 is 1.08 bits per heavy atom. The number of rotatable bonds is 68. The first kappa shape index (κ1) is 124. The molecule has 46 heteroatoms. The van der Waals surface area contributed by atoms with Crippen molar-refractivity contribution in [1.29, 1.82) is 0 Å². The van der Waals surface area contributed by atoms with Crippen LogP contribution in [0.15, 0.2) is 12.2 Å². The summed E-state index contributed by atoms with van der Waals surface area (Å²) in [7, 11) is 0. The molecular formula is C95H170N4O42. The normalized spacial score (nSPS) is 35.7. The van der Waals surface area contributed by atoms with Gasteiger partial charge in [-0.15, -0.1) is 0 Å². The molecule has 7 aliphatic heterocycles. The molecule has 822 valence electrons. The van der Waals surface area contributed by atoms with Gasteiger partial charge in [0.05, 0.1) is 77.1 Å². The average molecular weight is 2040 g/mol. The number of carbonyl (C=O) groups is 5. The van der Waals surface area contributed by atoms with E-state index in [9.17, 15) is 141 Å². The molecule has 4 amide bonds. The zero-order valence-corrected chi connectivity index (χ0v) is 82.1. The third-order valence-electron chi connectivity index (χ3n) is 27.3. The molecule has 7 aliphatic rings. The predicted molar refractivity (Wildman–Crippen MR) is 494 cm³/mol. The van der Waals surface area contributed by atoms with Gasteiger partial charge in [-0.3, -0.25) is 19.2 Å². The van der Waals surface area contributed by atoms with Crippen molar-refractivity contribution >= 4 is 29.6 Å². The minimum absolute atomic E-state index is 0.151. The van der Waals surface area contributed by atoms with Crippen molar-refractivity contribution in [3.05, 3.63) is 12.2 Å². The summed E-state index contributed by atoms with van der Waals surface area (Å²) >= 11 is 0. The second kappa shape index (κ2) is 65.6. The van der Waals surface area contributed by atoms with Crippen molar-refractivity contribution in [2.24, 2.45) is 0 Å². The number of aliphatic carboxylic acids is 1. The number of allylic oxidation sites excluding steroid dienone is 1. The lowest BCUT2D eigenvalue weighted by atomic mass is 9.88. The number of carboxylic acid groups (broad SMARTS) is 1. The Labute approximate surface area is 824 Å². The van der Waals surface area contributed by atoms with Crippen LogP contribution < -0.4 is 21.3 Å². The van der Waals surface area contributed by atoms with Gasteiger partial charge < -0.3 is 205 Å². The zero-order valence-electron chi connectivity index (χ0n) is 82.1. The van der Waals surface area contributed by atoms with E-state index >= 15 is 0 Å². The Bertz CT molecular complexity index is 3470. The zero-order chi connectivity index (χ0) is 103. The number of carbonyl (C=O) groups excluding carboxylic acids is 4. The quantitative estimate of drug-likeness (QED) is 0.0211. The van der Waals surface area contributed by atoms with Crippen molar-refractivity contribution in [3.8, 4) is 0 Å². The van der Waals surface area contributed by atoms with Crippen molar-refractivity contribution in [3.63, 3.8) is 0 Å². The summed E-state index contributed by atoms with van der Waals surface area (Å²) in [6.45, 7) is -3.27. The number of carboxylic acids is 1. The van der Waals surface area contributed by atoms with Gasteiger partial charge in [0.25, 0.3) is 5.79 Å². The van der Waals surface area contributed by atoms with Crippen LogP contribution in [-0.4, -0.2) is 439 Å². The fraction of sp³-hybridized carbons (Fsp3) is 0.926. The first-order chi connectivity index (χ1) is 67.7. The van der Waals surface area contributed by atoms with E-state index in [0.717, 1.165) is 65.2 Å². The van der Waals surface area contributed by atoms with Crippen LogP contribution in [0.25, 0.3) is 0 Å². The maximum atomic E-state index is 13.7. The number of nitrogens with one attached hydrogen (secondary N) is 4. The van der Waals surface area contributed by atoms with Gasteiger partial charge in [0.15, 0.2) is 37.7 Å². The summed E-state index contributed by atoms with van der Waals surface area (Å²) in [4.78, 5) is 65.4. The summed E-state index contributed by atoms with van der Waals surface area (Å²) in [5.74, 6) is -8.92. The lowest BCUT2D eigenvalue weighted by molar-refractivity contribution is -0.391. The molecule has 0 aromatic heterocycles. The molecule has 0 saturated carbocycles. The van der Waals surface area contributed by atoms with E-state index < -0.39 is 322 Å².